The third-order valence-corrected chi connectivity index (χ3v) is 7.25. The third-order valence-electron chi connectivity index (χ3n) is 7.25. The largest absolute Gasteiger partial charge is 0.486 e. The first-order chi connectivity index (χ1) is 17.5. The van der Waals surface area contributed by atoms with Gasteiger partial charge >= 0.3 is 0 Å². The zero-order valence-electron chi connectivity index (χ0n) is 20.3. The molecule has 0 atom stereocenters. The number of carbonyl (C=O) groups is 1. The Morgan fingerprint density at radius 1 is 1.06 bits per heavy atom. The van der Waals surface area contributed by atoms with E-state index < -0.39 is 17.2 Å². The molecule has 6 rings (SSSR count). The van der Waals surface area contributed by atoms with Gasteiger partial charge in [-0.3, -0.25) is 9.59 Å². The van der Waals surface area contributed by atoms with Crippen molar-refractivity contribution >= 4 is 28.2 Å². The Labute approximate surface area is 208 Å². The number of hydrogen-bond donors (Lipinski definition) is 1. The lowest BCUT2D eigenvalue weighted by Gasteiger charge is -2.35. The van der Waals surface area contributed by atoms with Crippen molar-refractivity contribution in [1.29, 1.82) is 0 Å². The fourth-order valence-electron chi connectivity index (χ4n) is 5.04. The summed E-state index contributed by atoms with van der Waals surface area (Å²) in [4.78, 5) is 31.0. The van der Waals surface area contributed by atoms with Crippen LogP contribution in [0, 0.1) is 5.82 Å². The van der Waals surface area contributed by atoms with Crippen LogP contribution in [0.25, 0.3) is 10.9 Å². The van der Waals surface area contributed by atoms with Gasteiger partial charge in [0.2, 0.25) is 5.43 Å². The number of rotatable bonds is 5. The number of amides is 1. The van der Waals surface area contributed by atoms with Gasteiger partial charge in [0.25, 0.3) is 5.91 Å². The molecule has 1 N–H and O–H groups in total. The fourth-order valence-corrected chi connectivity index (χ4v) is 5.04. The lowest BCUT2D eigenvalue weighted by atomic mass is 10.1. The molecule has 8 nitrogen and oxygen atoms in total. The predicted octanol–water partition coefficient (Wildman–Crippen LogP) is 3.64. The van der Waals surface area contributed by atoms with E-state index in [1.807, 2.05) is 9.47 Å². The van der Waals surface area contributed by atoms with Gasteiger partial charge in [-0.15, -0.1) is 0 Å². The minimum absolute atomic E-state index is 0.00648. The van der Waals surface area contributed by atoms with Crippen molar-refractivity contribution in [1.82, 2.24) is 9.47 Å². The Bertz CT molecular complexity index is 1390. The Balaban J connectivity index is 1.35. The molecule has 0 bridgehead atoms. The monoisotopic (exact) mass is 492 g/mol. The summed E-state index contributed by atoms with van der Waals surface area (Å²) in [6.07, 6.45) is 3.55. The molecule has 3 heterocycles. The van der Waals surface area contributed by atoms with Crippen molar-refractivity contribution in [3.8, 4) is 11.5 Å². The van der Waals surface area contributed by atoms with E-state index in [9.17, 15) is 9.59 Å². The minimum atomic E-state index is -0.534. The molecule has 1 saturated heterocycles. The van der Waals surface area contributed by atoms with E-state index in [0.717, 1.165) is 45.6 Å². The number of benzene rings is 2. The highest BCUT2D eigenvalue weighted by atomic mass is 19.1. The average Bonchev–Trinajstić information content (AvgIpc) is 3.74. The van der Waals surface area contributed by atoms with Crippen LogP contribution in [0.5, 0.6) is 11.5 Å². The zero-order chi connectivity index (χ0) is 24.8. The van der Waals surface area contributed by atoms with Crippen molar-refractivity contribution in [2.45, 2.75) is 25.8 Å². The molecule has 3 aliphatic rings. The Kier molecular flexibility index (Phi) is 5.79. The van der Waals surface area contributed by atoms with Crippen molar-refractivity contribution < 1.29 is 18.7 Å². The predicted molar refractivity (Wildman–Crippen MR) is 136 cm³/mol. The molecule has 2 aromatic carbocycles. The summed E-state index contributed by atoms with van der Waals surface area (Å²) in [5.74, 6) is 0.190. The highest BCUT2D eigenvalue weighted by molar-refractivity contribution is 6.06. The molecule has 1 aliphatic carbocycles. The van der Waals surface area contributed by atoms with Crippen LogP contribution in [0.4, 0.5) is 15.8 Å². The van der Waals surface area contributed by atoms with Crippen molar-refractivity contribution in [3.05, 3.63) is 58.1 Å². The molecule has 0 spiro atoms. The van der Waals surface area contributed by atoms with Crippen molar-refractivity contribution in [3.63, 3.8) is 0 Å². The number of piperazine rings is 1. The van der Waals surface area contributed by atoms with Gasteiger partial charge in [-0.1, -0.05) is 6.92 Å². The number of hydrogen-bond acceptors (Lipinski definition) is 6. The average molecular weight is 493 g/mol. The van der Waals surface area contributed by atoms with Gasteiger partial charge < -0.3 is 29.2 Å². The number of fused-ring (bicyclic) bond motifs is 2. The molecule has 1 saturated carbocycles. The molecule has 3 aromatic rings. The molecular formula is C27H29FN4O4. The number of halogens is 1. The SMILES string of the molecule is CCN1CCN(c2cc3c(cc2F)c(=O)c(C(=O)Nc2ccc4c(c2)OCCO4)cn3C2CC2)CC1. The molecule has 36 heavy (non-hydrogen) atoms. The van der Waals surface area contributed by atoms with Gasteiger partial charge in [0.15, 0.2) is 11.5 Å². The summed E-state index contributed by atoms with van der Waals surface area (Å²) >= 11 is 0. The van der Waals surface area contributed by atoms with Gasteiger partial charge in [0.05, 0.1) is 11.2 Å². The van der Waals surface area contributed by atoms with Crippen LogP contribution < -0.4 is 25.1 Å². The molecule has 188 valence electrons. The Morgan fingerprint density at radius 3 is 2.53 bits per heavy atom. The third kappa shape index (κ3) is 4.17. The first kappa shape index (κ1) is 22.8. The summed E-state index contributed by atoms with van der Waals surface area (Å²) in [6, 6.07) is 8.40. The smallest absolute Gasteiger partial charge is 0.261 e. The highest BCUT2D eigenvalue weighted by Gasteiger charge is 2.29. The quantitative estimate of drug-likeness (QED) is 0.586. The van der Waals surface area contributed by atoms with Crippen LogP contribution in [0.15, 0.2) is 41.3 Å². The van der Waals surface area contributed by atoms with E-state index in [1.54, 1.807) is 30.5 Å². The van der Waals surface area contributed by atoms with E-state index in [-0.39, 0.29) is 17.0 Å². The van der Waals surface area contributed by atoms with E-state index in [2.05, 4.69) is 17.1 Å². The number of carbonyl (C=O) groups excluding carboxylic acids is 1. The Hall–Kier alpha value is -3.59. The van der Waals surface area contributed by atoms with Gasteiger partial charge in [-0.25, -0.2) is 4.39 Å². The second kappa shape index (κ2) is 9.13. The second-order valence-electron chi connectivity index (χ2n) is 9.56. The molecule has 9 heteroatoms. The van der Waals surface area contributed by atoms with Crippen LogP contribution in [-0.2, 0) is 0 Å². The molecule has 0 unspecified atom stereocenters. The summed E-state index contributed by atoms with van der Waals surface area (Å²) < 4.78 is 28.4. The number of nitrogens with zero attached hydrogens (tertiary/aromatic N) is 3. The topological polar surface area (TPSA) is 76.0 Å². The summed E-state index contributed by atoms with van der Waals surface area (Å²) in [6.45, 7) is 7.24. The van der Waals surface area contributed by atoms with E-state index in [0.29, 0.717) is 41.6 Å². The first-order valence-corrected chi connectivity index (χ1v) is 12.6. The molecule has 2 aliphatic heterocycles. The maximum Gasteiger partial charge on any atom is 0.261 e. The number of ether oxygens (including phenoxy) is 2. The van der Waals surface area contributed by atoms with Gasteiger partial charge in [0.1, 0.15) is 24.6 Å². The summed E-state index contributed by atoms with van der Waals surface area (Å²) in [7, 11) is 0. The van der Waals surface area contributed by atoms with E-state index in [4.69, 9.17) is 9.47 Å². The van der Waals surface area contributed by atoms with Crippen molar-refractivity contribution in [2.75, 3.05) is 56.2 Å². The van der Waals surface area contributed by atoms with Gasteiger partial charge in [0, 0.05) is 55.6 Å². The van der Waals surface area contributed by atoms with E-state index >= 15 is 4.39 Å². The standard InChI is InChI=1S/C27H29FN4O4/c1-2-30-7-9-31(10-8-30)23-15-22-19(14-21(23)28)26(33)20(16-32(22)18-4-5-18)27(34)29-17-3-6-24-25(13-17)36-12-11-35-24/h3,6,13-16,18H,2,4-5,7-12H2,1H3,(H,29,34). The number of likely N-dealkylation sites (N-methyl/N-ethyl adjacent to an activating group) is 1. The highest BCUT2D eigenvalue weighted by Crippen LogP contribution is 2.38. The molecular weight excluding hydrogens is 463 g/mol. The van der Waals surface area contributed by atoms with E-state index in [1.165, 1.54) is 6.07 Å². The Morgan fingerprint density at radius 2 is 1.81 bits per heavy atom. The summed E-state index contributed by atoms with van der Waals surface area (Å²) in [5.41, 5.74) is 1.20. The zero-order valence-corrected chi connectivity index (χ0v) is 20.3. The number of pyridine rings is 1. The van der Waals surface area contributed by atoms with Crippen LogP contribution in [0.3, 0.4) is 0 Å². The first-order valence-electron chi connectivity index (χ1n) is 12.6. The molecule has 1 amide bonds. The maximum absolute atomic E-state index is 15.3. The van der Waals surface area contributed by atoms with Crippen LogP contribution in [0.1, 0.15) is 36.2 Å². The van der Waals surface area contributed by atoms with Crippen LogP contribution in [-0.4, -0.2) is 61.3 Å². The maximum atomic E-state index is 15.3. The lowest BCUT2D eigenvalue weighted by Crippen LogP contribution is -2.46. The van der Waals surface area contributed by atoms with Crippen molar-refractivity contribution in [2.24, 2.45) is 0 Å². The normalized spacial score (nSPS) is 17.9. The minimum Gasteiger partial charge on any atom is -0.486 e. The fraction of sp³-hybridized carbons (Fsp3) is 0.407. The second-order valence-corrected chi connectivity index (χ2v) is 9.56. The molecule has 0 radical (unpaired) electrons. The molecule has 1 aromatic heterocycles. The number of anilines is 2. The van der Waals surface area contributed by atoms with Gasteiger partial charge in [-0.2, -0.15) is 0 Å². The lowest BCUT2D eigenvalue weighted by molar-refractivity contribution is 0.102. The van der Waals surface area contributed by atoms with Crippen LogP contribution >= 0.6 is 0 Å². The van der Waals surface area contributed by atoms with Gasteiger partial charge in [-0.05, 0) is 43.7 Å². The number of nitrogens with one attached hydrogen (secondary N) is 1. The molecule has 2 fully saturated rings. The summed E-state index contributed by atoms with van der Waals surface area (Å²) in [5, 5.41) is 3.02. The van der Waals surface area contributed by atoms with Crippen LogP contribution in [0.2, 0.25) is 0 Å². The number of aromatic nitrogens is 1.